The summed E-state index contributed by atoms with van der Waals surface area (Å²) in [6.07, 6.45) is 0. The second kappa shape index (κ2) is 12.3. The summed E-state index contributed by atoms with van der Waals surface area (Å²) in [4.78, 5) is 10.5. The van der Waals surface area contributed by atoms with Crippen LogP contribution in [0, 0.1) is 0 Å². The predicted molar refractivity (Wildman–Crippen MR) is 235 cm³/mol. The van der Waals surface area contributed by atoms with Crippen LogP contribution in [0.4, 0.5) is 0 Å². The molecule has 2 aliphatic rings. The Balaban J connectivity index is 1.15. The minimum atomic E-state index is -0.413. The topological polar surface area (TPSA) is 25.8 Å². The Morgan fingerprint density at radius 2 is 0.702 bits per heavy atom. The van der Waals surface area contributed by atoms with Gasteiger partial charge in [-0.2, -0.15) is 0 Å². The molecule has 0 atom stereocenters. The maximum Gasteiger partial charge on any atom is 0.160 e. The van der Waals surface area contributed by atoms with Gasteiger partial charge in [-0.15, -0.1) is 0 Å². The number of hydrogen-bond donors (Lipinski definition) is 0. The number of rotatable bonds is 4. The van der Waals surface area contributed by atoms with E-state index in [2.05, 4.69) is 194 Å². The molecule has 1 aromatic heterocycles. The largest absolute Gasteiger partial charge is 0.228 e. The summed E-state index contributed by atoms with van der Waals surface area (Å²) in [6, 6.07) is 75.0. The minimum absolute atomic E-state index is 0.413. The Morgan fingerprint density at radius 1 is 0.281 bits per heavy atom. The number of fused-ring (bicyclic) bond motifs is 12. The van der Waals surface area contributed by atoms with Crippen molar-refractivity contribution in [1.82, 2.24) is 9.97 Å². The molecular weight excluding hydrogens is 689 g/mol. The molecule has 0 unspecified atom stereocenters. The molecule has 12 rings (SSSR count). The third-order valence-corrected chi connectivity index (χ3v) is 12.3. The quantitative estimate of drug-likeness (QED) is 0.169. The molecule has 0 N–H and O–H groups in total. The highest BCUT2D eigenvalue weighted by molar-refractivity contribution is 6.21. The first-order valence-corrected chi connectivity index (χ1v) is 19.7. The standard InChI is InChI=1S/C55H34N2/c1-3-17-35(18-4-1)50-34-51(57-54(56-50)36-19-5-2-6-20-36)53-44-26-9-7-24-42(44)52(43-25-8-10-27-45(43)53)37-31-32-41-40-23-13-16-30-48(40)55(49(41)33-37)46-28-14-11-21-38(46)39-22-12-15-29-47(39)55/h1-34H. The Labute approximate surface area is 331 Å². The van der Waals surface area contributed by atoms with Gasteiger partial charge in [-0.3, -0.25) is 0 Å². The number of hydrogen-bond acceptors (Lipinski definition) is 2. The van der Waals surface area contributed by atoms with Crippen molar-refractivity contribution in [3.05, 3.63) is 229 Å². The van der Waals surface area contributed by atoms with Gasteiger partial charge in [0.05, 0.1) is 16.8 Å². The zero-order chi connectivity index (χ0) is 37.5. The Morgan fingerprint density at radius 3 is 1.25 bits per heavy atom. The van der Waals surface area contributed by atoms with E-state index in [-0.39, 0.29) is 0 Å². The lowest BCUT2D eigenvalue weighted by atomic mass is 9.70. The second-order valence-electron chi connectivity index (χ2n) is 15.2. The van der Waals surface area contributed by atoms with Crippen molar-refractivity contribution >= 4 is 21.5 Å². The third-order valence-electron chi connectivity index (χ3n) is 12.3. The highest BCUT2D eigenvalue weighted by Gasteiger charge is 2.51. The van der Waals surface area contributed by atoms with Gasteiger partial charge in [-0.1, -0.05) is 194 Å². The summed E-state index contributed by atoms with van der Waals surface area (Å²) < 4.78 is 0. The van der Waals surface area contributed by atoms with E-state index >= 15 is 0 Å². The Hall–Kier alpha value is -7.42. The van der Waals surface area contributed by atoms with Crippen LogP contribution in [-0.4, -0.2) is 9.97 Å². The van der Waals surface area contributed by atoms with Gasteiger partial charge in [0.2, 0.25) is 0 Å². The molecule has 2 aliphatic carbocycles. The van der Waals surface area contributed by atoms with Crippen molar-refractivity contribution < 1.29 is 0 Å². The molecule has 0 radical (unpaired) electrons. The lowest BCUT2D eigenvalue weighted by molar-refractivity contribution is 0.794. The van der Waals surface area contributed by atoms with Gasteiger partial charge in [0.15, 0.2) is 5.82 Å². The Kier molecular flexibility index (Phi) is 6.88. The summed E-state index contributed by atoms with van der Waals surface area (Å²) in [5.41, 5.74) is 17.6. The van der Waals surface area contributed by atoms with Crippen molar-refractivity contribution in [3.8, 4) is 67.3 Å². The van der Waals surface area contributed by atoms with Gasteiger partial charge >= 0.3 is 0 Å². The van der Waals surface area contributed by atoms with E-state index < -0.39 is 5.41 Å². The van der Waals surface area contributed by atoms with E-state index in [1.807, 2.05) is 12.1 Å². The fraction of sp³-hybridized carbons (Fsp3) is 0.0182. The fourth-order valence-electron chi connectivity index (χ4n) is 10.0. The average molecular weight is 723 g/mol. The van der Waals surface area contributed by atoms with Crippen molar-refractivity contribution in [3.63, 3.8) is 0 Å². The molecule has 0 amide bonds. The Bertz CT molecular complexity index is 3060. The smallest absolute Gasteiger partial charge is 0.160 e. The SMILES string of the molecule is c1ccc(-c2cc(-c3c4ccccc4c(-c4ccc5c(c4)C4(c6ccccc6-c6ccccc64)c4ccccc4-5)c4ccccc34)nc(-c3ccccc3)n2)cc1. The van der Waals surface area contributed by atoms with E-state index in [9.17, 15) is 0 Å². The molecular formula is C55H34N2. The highest BCUT2D eigenvalue weighted by atomic mass is 14.9. The van der Waals surface area contributed by atoms with E-state index in [0.29, 0.717) is 5.82 Å². The van der Waals surface area contributed by atoms with Crippen LogP contribution in [0.1, 0.15) is 22.3 Å². The van der Waals surface area contributed by atoms with E-state index in [1.165, 1.54) is 66.4 Å². The fourth-order valence-corrected chi connectivity index (χ4v) is 10.0. The molecule has 264 valence electrons. The number of benzene rings is 9. The van der Waals surface area contributed by atoms with Crippen molar-refractivity contribution in [2.75, 3.05) is 0 Å². The van der Waals surface area contributed by atoms with Gasteiger partial charge in [-0.25, -0.2) is 9.97 Å². The average Bonchev–Trinajstić information content (AvgIpc) is 3.75. The van der Waals surface area contributed by atoms with Crippen LogP contribution in [0.3, 0.4) is 0 Å². The van der Waals surface area contributed by atoms with Crippen molar-refractivity contribution in [2.24, 2.45) is 0 Å². The highest BCUT2D eigenvalue weighted by Crippen LogP contribution is 2.63. The van der Waals surface area contributed by atoms with Crippen LogP contribution in [0.5, 0.6) is 0 Å². The van der Waals surface area contributed by atoms with Crippen LogP contribution in [0.2, 0.25) is 0 Å². The third kappa shape index (κ3) is 4.53. The lowest BCUT2D eigenvalue weighted by Crippen LogP contribution is -2.25. The molecule has 0 aliphatic heterocycles. The van der Waals surface area contributed by atoms with Crippen LogP contribution < -0.4 is 0 Å². The molecule has 0 saturated carbocycles. The van der Waals surface area contributed by atoms with Gasteiger partial charge in [0.1, 0.15) is 0 Å². The molecule has 2 nitrogen and oxygen atoms in total. The second-order valence-corrected chi connectivity index (χ2v) is 15.2. The first-order valence-electron chi connectivity index (χ1n) is 19.7. The van der Waals surface area contributed by atoms with Gasteiger partial charge in [0, 0.05) is 16.7 Å². The molecule has 10 aromatic rings. The number of aromatic nitrogens is 2. The van der Waals surface area contributed by atoms with E-state index in [1.54, 1.807) is 0 Å². The summed E-state index contributed by atoms with van der Waals surface area (Å²) >= 11 is 0. The molecule has 0 bridgehead atoms. The zero-order valence-electron chi connectivity index (χ0n) is 31.0. The molecule has 9 aromatic carbocycles. The summed E-state index contributed by atoms with van der Waals surface area (Å²) in [5.74, 6) is 0.713. The van der Waals surface area contributed by atoms with E-state index in [4.69, 9.17) is 9.97 Å². The molecule has 1 heterocycles. The van der Waals surface area contributed by atoms with Crippen molar-refractivity contribution in [1.29, 1.82) is 0 Å². The van der Waals surface area contributed by atoms with E-state index in [0.717, 1.165) is 38.9 Å². The van der Waals surface area contributed by atoms with Crippen LogP contribution >= 0.6 is 0 Å². The van der Waals surface area contributed by atoms with Gasteiger partial charge < -0.3 is 0 Å². The van der Waals surface area contributed by atoms with Crippen LogP contribution in [0.15, 0.2) is 206 Å². The summed E-state index contributed by atoms with van der Waals surface area (Å²) in [7, 11) is 0. The first kappa shape index (κ1) is 31.9. The summed E-state index contributed by atoms with van der Waals surface area (Å²) in [6.45, 7) is 0. The predicted octanol–water partition coefficient (Wildman–Crippen LogP) is 13.8. The van der Waals surface area contributed by atoms with Crippen molar-refractivity contribution in [2.45, 2.75) is 5.41 Å². The molecule has 0 fully saturated rings. The monoisotopic (exact) mass is 722 g/mol. The molecule has 1 spiro atoms. The lowest BCUT2D eigenvalue weighted by Gasteiger charge is -2.30. The minimum Gasteiger partial charge on any atom is -0.228 e. The normalized spacial score (nSPS) is 13.1. The zero-order valence-corrected chi connectivity index (χ0v) is 31.0. The maximum absolute atomic E-state index is 5.35. The maximum atomic E-state index is 5.35. The summed E-state index contributed by atoms with van der Waals surface area (Å²) in [5, 5.41) is 4.73. The molecule has 0 saturated heterocycles. The van der Waals surface area contributed by atoms with Gasteiger partial charge in [-0.05, 0) is 89.3 Å². The van der Waals surface area contributed by atoms with Crippen LogP contribution in [-0.2, 0) is 5.41 Å². The first-order chi connectivity index (χ1) is 28.3. The van der Waals surface area contributed by atoms with Crippen LogP contribution in [0.25, 0.3) is 88.8 Å². The van der Waals surface area contributed by atoms with Gasteiger partial charge in [0.25, 0.3) is 0 Å². The number of nitrogens with zero attached hydrogens (tertiary/aromatic N) is 2. The molecule has 57 heavy (non-hydrogen) atoms. The molecule has 2 heteroatoms.